The largest absolute Gasteiger partial charge is 0.370 e. The highest BCUT2D eigenvalue weighted by molar-refractivity contribution is 6.33. The van der Waals surface area contributed by atoms with E-state index in [1.807, 2.05) is 0 Å². The lowest BCUT2D eigenvalue weighted by molar-refractivity contribution is 0.0793. The third-order valence-corrected chi connectivity index (χ3v) is 3.14. The Hall–Kier alpha value is -1.29. The van der Waals surface area contributed by atoms with Gasteiger partial charge in [0.05, 0.1) is 10.6 Å². The van der Waals surface area contributed by atoms with E-state index in [1.54, 1.807) is 18.0 Å². The zero-order valence-corrected chi connectivity index (χ0v) is 12.6. The fraction of sp³-hybridized carbons (Fsp3) is 0.571. The Bertz CT molecular complexity index is 423. The van der Waals surface area contributed by atoms with Crippen molar-refractivity contribution in [1.82, 2.24) is 9.88 Å². The van der Waals surface area contributed by atoms with Crippen LogP contribution in [-0.4, -0.2) is 35.9 Å². The molecule has 0 bridgehead atoms. The maximum absolute atomic E-state index is 12.3. The van der Waals surface area contributed by atoms with Gasteiger partial charge >= 0.3 is 0 Å². The molecule has 0 unspecified atom stereocenters. The molecule has 1 aromatic heterocycles. The molecule has 0 radical (unpaired) electrons. The molecule has 0 saturated carbocycles. The summed E-state index contributed by atoms with van der Waals surface area (Å²) in [6, 6.07) is 1.72. The zero-order valence-electron chi connectivity index (χ0n) is 11.9. The van der Waals surface area contributed by atoms with Crippen LogP contribution in [0.3, 0.4) is 0 Å². The van der Waals surface area contributed by atoms with E-state index < -0.39 is 0 Å². The van der Waals surface area contributed by atoms with Crippen molar-refractivity contribution in [1.29, 1.82) is 0 Å². The van der Waals surface area contributed by atoms with Crippen molar-refractivity contribution in [3.63, 3.8) is 0 Å². The van der Waals surface area contributed by atoms with Crippen molar-refractivity contribution in [3.8, 4) is 0 Å². The molecule has 4 nitrogen and oxygen atoms in total. The molecule has 0 fully saturated rings. The Kier molecular flexibility index (Phi) is 6.64. The maximum Gasteiger partial charge on any atom is 0.255 e. The van der Waals surface area contributed by atoms with Crippen LogP contribution < -0.4 is 5.32 Å². The van der Waals surface area contributed by atoms with Crippen LogP contribution in [0.2, 0.25) is 5.02 Å². The smallest absolute Gasteiger partial charge is 0.255 e. The van der Waals surface area contributed by atoms with Gasteiger partial charge in [-0.05, 0) is 18.9 Å². The quantitative estimate of drug-likeness (QED) is 0.834. The van der Waals surface area contributed by atoms with Gasteiger partial charge in [-0.3, -0.25) is 4.79 Å². The third kappa shape index (κ3) is 4.71. The molecule has 1 amide bonds. The molecule has 1 heterocycles. The van der Waals surface area contributed by atoms with Crippen LogP contribution in [0.15, 0.2) is 12.3 Å². The third-order valence-electron chi connectivity index (χ3n) is 2.84. The number of anilines is 1. The van der Waals surface area contributed by atoms with E-state index in [0.29, 0.717) is 16.4 Å². The molecule has 0 aliphatic heterocycles. The summed E-state index contributed by atoms with van der Waals surface area (Å²) in [6.07, 6.45) is 4.58. The van der Waals surface area contributed by atoms with Crippen LogP contribution in [0.1, 0.15) is 43.5 Å². The fourth-order valence-corrected chi connectivity index (χ4v) is 1.84. The van der Waals surface area contributed by atoms with Crippen LogP contribution >= 0.6 is 11.6 Å². The molecule has 0 saturated heterocycles. The minimum absolute atomic E-state index is 0.0552. The van der Waals surface area contributed by atoms with Gasteiger partial charge in [0.1, 0.15) is 5.82 Å². The molecule has 19 heavy (non-hydrogen) atoms. The Balaban J connectivity index is 2.82. The van der Waals surface area contributed by atoms with Crippen molar-refractivity contribution in [2.45, 2.75) is 33.1 Å². The molecule has 0 aliphatic rings. The Morgan fingerprint density at radius 1 is 1.42 bits per heavy atom. The molecule has 1 N–H and O–H groups in total. The predicted octanol–water partition coefficient (Wildman–Crippen LogP) is 3.43. The highest BCUT2D eigenvalue weighted by Crippen LogP contribution is 2.19. The summed E-state index contributed by atoms with van der Waals surface area (Å²) in [5, 5.41) is 3.56. The van der Waals surface area contributed by atoms with Crippen molar-refractivity contribution in [2.75, 3.05) is 25.5 Å². The SMILES string of the molecule is CCCCN(C)C(=O)c1cc(NCCC)ncc1Cl. The first-order chi connectivity index (χ1) is 9.10. The summed E-state index contributed by atoms with van der Waals surface area (Å²) in [5.41, 5.74) is 0.508. The van der Waals surface area contributed by atoms with E-state index in [4.69, 9.17) is 11.6 Å². The molecular formula is C14H22ClN3O. The van der Waals surface area contributed by atoms with Gasteiger partial charge in [-0.1, -0.05) is 31.9 Å². The standard InChI is InChI=1S/C14H22ClN3O/c1-4-6-8-18(3)14(19)11-9-13(16-7-5-2)17-10-12(11)15/h9-10H,4-8H2,1-3H3,(H,16,17). The number of aromatic nitrogens is 1. The van der Waals surface area contributed by atoms with Crippen LogP contribution in [0, 0.1) is 0 Å². The van der Waals surface area contributed by atoms with Gasteiger partial charge in [-0.2, -0.15) is 0 Å². The number of halogens is 1. The van der Waals surface area contributed by atoms with Crippen molar-refractivity contribution in [2.24, 2.45) is 0 Å². The average molecular weight is 284 g/mol. The summed E-state index contributed by atoms with van der Waals surface area (Å²) in [7, 11) is 1.80. The van der Waals surface area contributed by atoms with E-state index in [1.165, 1.54) is 6.20 Å². The van der Waals surface area contributed by atoms with Crippen LogP contribution in [0.5, 0.6) is 0 Å². The second-order valence-corrected chi connectivity index (χ2v) is 4.96. The molecule has 0 aromatic carbocycles. The summed E-state index contributed by atoms with van der Waals surface area (Å²) in [6.45, 7) is 5.75. The predicted molar refractivity (Wildman–Crippen MR) is 79.9 cm³/mol. The highest BCUT2D eigenvalue weighted by Gasteiger charge is 2.15. The first-order valence-electron chi connectivity index (χ1n) is 6.75. The number of nitrogens with zero attached hydrogens (tertiary/aromatic N) is 2. The summed E-state index contributed by atoms with van der Waals surface area (Å²) < 4.78 is 0. The molecule has 0 aliphatic carbocycles. The molecule has 1 aromatic rings. The van der Waals surface area contributed by atoms with E-state index in [9.17, 15) is 4.79 Å². The lowest BCUT2D eigenvalue weighted by atomic mass is 10.2. The van der Waals surface area contributed by atoms with Gasteiger partial charge in [-0.15, -0.1) is 0 Å². The van der Waals surface area contributed by atoms with Crippen LogP contribution in [0.25, 0.3) is 0 Å². The second kappa shape index (κ2) is 8.00. The van der Waals surface area contributed by atoms with Gasteiger partial charge in [0.2, 0.25) is 0 Å². The number of nitrogens with one attached hydrogen (secondary N) is 1. The number of rotatable bonds is 7. The van der Waals surface area contributed by atoms with E-state index in [-0.39, 0.29) is 5.91 Å². The van der Waals surface area contributed by atoms with E-state index >= 15 is 0 Å². The number of hydrogen-bond donors (Lipinski definition) is 1. The Morgan fingerprint density at radius 3 is 2.79 bits per heavy atom. The number of amides is 1. The van der Waals surface area contributed by atoms with Gasteiger partial charge in [-0.25, -0.2) is 4.98 Å². The monoisotopic (exact) mass is 283 g/mol. The minimum atomic E-state index is -0.0552. The molecule has 5 heteroatoms. The summed E-state index contributed by atoms with van der Waals surface area (Å²) in [5.74, 6) is 0.638. The molecule has 1 rings (SSSR count). The number of carbonyl (C=O) groups excluding carboxylic acids is 1. The molecule has 0 atom stereocenters. The lowest BCUT2D eigenvalue weighted by Gasteiger charge is -2.18. The highest BCUT2D eigenvalue weighted by atomic mass is 35.5. The zero-order chi connectivity index (χ0) is 14.3. The van der Waals surface area contributed by atoms with Gasteiger partial charge < -0.3 is 10.2 Å². The molecule has 0 spiro atoms. The lowest BCUT2D eigenvalue weighted by Crippen LogP contribution is -2.28. The van der Waals surface area contributed by atoms with Crippen molar-refractivity contribution in [3.05, 3.63) is 22.8 Å². The summed E-state index contributed by atoms with van der Waals surface area (Å²) in [4.78, 5) is 18.2. The Morgan fingerprint density at radius 2 is 2.16 bits per heavy atom. The van der Waals surface area contributed by atoms with Crippen LogP contribution in [-0.2, 0) is 0 Å². The fourth-order valence-electron chi connectivity index (χ4n) is 1.65. The normalized spacial score (nSPS) is 10.3. The Labute approximate surface area is 120 Å². The van der Waals surface area contributed by atoms with Crippen molar-refractivity contribution < 1.29 is 4.79 Å². The van der Waals surface area contributed by atoms with E-state index in [0.717, 1.165) is 32.4 Å². The van der Waals surface area contributed by atoms with Crippen LogP contribution in [0.4, 0.5) is 5.82 Å². The average Bonchev–Trinajstić information content (AvgIpc) is 2.43. The van der Waals surface area contributed by atoms with E-state index in [2.05, 4.69) is 24.1 Å². The molecule has 106 valence electrons. The number of pyridine rings is 1. The summed E-state index contributed by atoms with van der Waals surface area (Å²) >= 11 is 6.07. The van der Waals surface area contributed by atoms with Gasteiger partial charge in [0, 0.05) is 26.3 Å². The maximum atomic E-state index is 12.3. The minimum Gasteiger partial charge on any atom is -0.370 e. The van der Waals surface area contributed by atoms with Crippen molar-refractivity contribution >= 4 is 23.3 Å². The number of carbonyl (C=O) groups is 1. The topological polar surface area (TPSA) is 45.2 Å². The first kappa shape index (κ1) is 15.8. The number of hydrogen-bond acceptors (Lipinski definition) is 3. The first-order valence-corrected chi connectivity index (χ1v) is 7.12. The second-order valence-electron chi connectivity index (χ2n) is 4.56. The van der Waals surface area contributed by atoms with Gasteiger partial charge in [0.15, 0.2) is 0 Å². The molecular weight excluding hydrogens is 262 g/mol. The number of unbranched alkanes of at least 4 members (excludes halogenated alkanes) is 1. The van der Waals surface area contributed by atoms with Gasteiger partial charge in [0.25, 0.3) is 5.91 Å².